The topological polar surface area (TPSA) is 52.3 Å². The third-order valence-corrected chi connectivity index (χ3v) is 2.64. The number of carbonyl (C=O) groups excluding carboxylic acids is 1. The smallest absolute Gasteiger partial charge is 0.338 e. The maximum absolute atomic E-state index is 11.8. The van der Waals surface area contributed by atoms with Crippen LogP contribution < -0.4 is 5.73 Å². The highest BCUT2D eigenvalue weighted by Crippen LogP contribution is 2.20. The Morgan fingerprint density at radius 3 is 2.50 bits per heavy atom. The molecule has 2 N–H and O–H groups in total. The largest absolute Gasteiger partial charge is 0.462 e. The first-order valence-electron chi connectivity index (χ1n) is 6.32. The molecule has 0 radical (unpaired) electrons. The Labute approximate surface area is 109 Å². The molecule has 3 nitrogen and oxygen atoms in total. The van der Waals surface area contributed by atoms with Crippen LogP contribution in [0.25, 0.3) is 0 Å². The van der Waals surface area contributed by atoms with Gasteiger partial charge in [0.15, 0.2) is 0 Å². The average molecular weight is 249 g/mol. The number of nitrogens with two attached hydrogens (primary N) is 1. The van der Waals surface area contributed by atoms with Gasteiger partial charge in [-0.3, -0.25) is 0 Å². The Morgan fingerprint density at radius 2 is 1.94 bits per heavy atom. The predicted octanol–water partition coefficient (Wildman–Crippen LogP) is 3.56. The molecule has 0 unspecified atom stereocenters. The summed E-state index contributed by atoms with van der Waals surface area (Å²) >= 11 is 0. The van der Waals surface area contributed by atoms with Crippen molar-refractivity contribution in [2.75, 3.05) is 12.3 Å². The highest BCUT2D eigenvalue weighted by atomic mass is 16.5. The molecule has 0 aliphatic carbocycles. The minimum absolute atomic E-state index is 0.278. The second kappa shape index (κ2) is 5.89. The normalized spacial score (nSPS) is 11.3. The Hall–Kier alpha value is -1.51. The quantitative estimate of drug-likeness (QED) is 0.504. The Bertz CT molecular complexity index is 399. The van der Waals surface area contributed by atoms with E-state index in [-0.39, 0.29) is 11.4 Å². The summed E-state index contributed by atoms with van der Waals surface area (Å²) < 4.78 is 5.24. The first-order valence-corrected chi connectivity index (χ1v) is 6.32. The Balaban J connectivity index is 2.46. The first-order chi connectivity index (χ1) is 8.28. The van der Waals surface area contributed by atoms with Crippen molar-refractivity contribution in [2.24, 2.45) is 5.41 Å². The van der Waals surface area contributed by atoms with Crippen LogP contribution in [0.3, 0.4) is 0 Å². The van der Waals surface area contributed by atoms with Crippen LogP contribution in [0.4, 0.5) is 5.69 Å². The molecule has 0 saturated heterocycles. The number of hydrogen-bond acceptors (Lipinski definition) is 3. The number of carbonyl (C=O) groups is 1. The van der Waals surface area contributed by atoms with E-state index < -0.39 is 0 Å². The maximum Gasteiger partial charge on any atom is 0.338 e. The summed E-state index contributed by atoms with van der Waals surface area (Å²) in [5.41, 5.74) is 8.07. The molecule has 18 heavy (non-hydrogen) atoms. The van der Waals surface area contributed by atoms with E-state index in [0.717, 1.165) is 18.4 Å². The Morgan fingerprint density at radius 1 is 1.28 bits per heavy atom. The van der Waals surface area contributed by atoms with Gasteiger partial charge in [-0.15, -0.1) is 0 Å². The average Bonchev–Trinajstić information content (AvgIpc) is 2.21. The molecular formula is C15H23NO2. The van der Waals surface area contributed by atoms with Gasteiger partial charge < -0.3 is 10.5 Å². The third kappa shape index (κ3) is 5.21. The molecule has 0 saturated carbocycles. The van der Waals surface area contributed by atoms with Crippen LogP contribution in [0.1, 0.15) is 49.5 Å². The van der Waals surface area contributed by atoms with Crippen molar-refractivity contribution >= 4 is 11.7 Å². The number of rotatable bonds is 4. The van der Waals surface area contributed by atoms with Crippen molar-refractivity contribution in [3.63, 3.8) is 0 Å². The fourth-order valence-electron chi connectivity index (χ4n) is 1.78. The number of ether oxygens (including phenoxy) is 1. The summed E-state index contributed by atoms with van der Waals surface area (Å²) in [7, 11) is 0. The second-order valence-corrected chi connectivity index (χ2v) is 5.93. The molecule has 0 bridgehead atoms. The zero-order chi connectivity index (χ0) is 13.8. The van der Waals surface area contributed by atoms with Crippen LogP contribution >= 0.6 is 0 Å². The standard InChI is InChI=1S/C15H23NO2/c1-11-8-12(10-13(16)9-11)14(17)18-7-5-6-15(2,3)4/h8-10H,5-7,16H2,1-4H3. The minimum Gasteiger partial charge on any atom is -0.462 e. The molecule has 0 amide bonds. The van der Waals surface area contributed by atoms with Gasteiger partial charge in [-0.05, 0) is 48.9 Å². The lowest BCUT2D eigenvalue weighted by molar-refractivity contribution is 0.0488. The van der Waals surface area contributed by atoms with Crippen LogP contribution in [-0.4, -0.2) is 12.6 Å². The lowest BCUT2D eigenvalue weighted by atomic mass is 9.91. The first kappa shape index (κ1) is 14.6. The van der Waals surface area contributed by atoms with Crippen LogP contribution in [0.15, 0.2) is 18.2 Å². The second-order valence-electron chi connectivity index (χ2n) is 5.93. The molecule has 1 rings (SSSR count). The van der Waals surface area contributed by atoms with E-state index in [1.54, 1.807) is 12.1 Å². The third-order valence-electron chi connectivity index (χ3n) is 2.64. The van der Waals surface area contributed by atoms with Crippen LogP contribution in [-0.2, 0) is 4.74 Å². The van der Waals surface area contributed by atoms with Gasteiger partial charge in [0.2, 0.25) is 0 Å². The summed E-state index contributed by atoms with van der Waals surface area (Å²) in [5, 5.41) is 0. The number of aryl methyl sites for hydroxylation is 1. The van der Waals surface area contributed by atoms with Crippen molar-refractivity contribution in [3.8, 4) is 0 Å². The lowest BCUT2D eigenvalue weighted by Crippen LogP contribution is -2.10. The van der Waals surface area contributed by atoms with E-state index in [1.165, 1.54) is 0 Å². The molecule has 0 atom stereocenters. The van der Waals surface area contributed by atoms with Gasteiger partial charge in [0.25, 0.3) is 0 Å². The number of nitrogen functional groups attached to an aromatic ring is 1. The van der Waals surface area contributed by atoms with Crippen molar-refractivity contribution in [3.05, 3.63) is 29.3 Å². The number of benzene rings is 1. The van der Waals surface area contributed by atoms with E-state index in [2.05, 4.69) is 20.8 Å². The number of esters is 1. The summed E-state index contributed by atoms with van der Waals surface area (Å²) in [5.74, 6) is -0.292. The van der Waals surface area contributed by atoms with Crippen molar-refractivity contribution in [1.82, 2.24) is 0 Å². The number of hydrogen-bond donors (Lipinski definition) is 1. The monoisotopic (exact) mass is 249 g/mol. The maximum atomic E-state index is 11.8. The molecule has 1 aromatic carbocycles. The molecule has 0 heterocycles. The highest BCUT2D eigenvalue weighted by Gasteiger charge is 2.11. The van der Waals surface area contributed by atoms with E-state index in [1.807, 2.05) is 13.0 Å². The van der Waals surface area contributed by atoms with E-state index >= 15 is 0 Å². The zero-order valence-corrected chi connectivity index (χ0v) is 11.7. The lowest BCUT2D eigenvalue weighted by Gasteiger charge is -2.17. The number of anilines is 1. The zero-order valence-electron chi connectivity index (χ0n) is 11.7. The van der Waals surface area contributed by atoms with Gasteiger partial charge in [0, 0.05) is 5.69 Å². The molecule has 0 spiro atoms. The van der Waals surface area contributed by atoms with Crippen molar-refractivity contribution in [1.29, 1.82) is 0 Å². The van der Waals surface area contributed by atoms with Gasteiger partial charge in [0.1, 0.15) is 0 Å². The minimum atomic E-state index is -0.292. The SMILES string of the molecule is Cc1cc(N)cc(C(=O)OCCCC(C)(C)C)c1. The molecular weight excluding hydrogens is 226 g/mol. The van der Waals surface area contributed by atoms with Gasteiger partial charge in [-0.2, -0.15) is 0 Å². The van der Waals surface area contributed by atoms with Crippen LogP contribution in [0.5, 0.6) is 0 Å². The van der Waals surface area contributed by atoms with Crippen molar-refractivity contribution in [2.45, 2.75) is 40.5 Å². The van der Waals surface area contributed by atoms with Crippen LogP contribution in [0, 0.1) is 12.3 Å². The summed E-state index contributed by atoms with van der Waals surface area (Å²) in [6, 6.07) is 5.28. The molecule has 0 aliphatic rings. The van der Waals surface area contributed by atoms with Crippen molar-refractivity contribution < 1.29 is 9.53 Å². The summed E-state index contributed by atoms with van der Waals surface area (Å²) in [6.07, 6.45) is 1.92. The fourth-order valence-corrected chi connectivity index (χ4v) is 1.78. The molecule has 0 fully saturated rings. The molecule has 3 heteroatoms. The molecule has 0 aromatic heterocycles. The Kier molecular flexibility index (Phi) is 4.76. The van der Waals surface area contributed by atoms with Crippen LogP contribution in [0.2, 0.25) is 0 Å². The van der Waals surface area contributed by atoms with Gasteiger partial charge in [-0.25, -0.2) is 4.79 Å². The van der Waals surface area contributed by atoms with Gasteiger partial charge in [0.05, 0.1) is 12.2 Å². The predicted molar refractivity (Wildman–Crippen MR) is 74.6 cm³/mol. The van der Waals surface area contributed by atoms with Gasteiger partial charge in [-0.1, -0.05) is 20.8 Å². The van der Waals surface area contributed by atoms with E-state index in [4.69, 9.17) is 10.5 Å². The molecule has 0 aliphatic heterocycles. The molecule has 100 valence electrons. The van der Waals surface area contributed by atoms with Gasteiger partial charge >= 0.3 is 5.97 Å². The summed E-state index contributed by atoms with van der Waals surface area (Å²) in [6.45, 7) is 8.90. The van der Waals surface area contributed by atoms with E-state index in [9.17, 15) is 4.79 Å². The summed E-state index contributed by atoms with van der Waals surface area (Å²) in [4.78, 5) is 11.8. The van der Waals surface area contributed by atoms with E-state index in [0.29, 0.717) is 17.9 Å². The fraction of sp³-hybridized carbons (Fsp3) is 0.533. The highest BCUT2D eigenvalue weighted by molar-refractivity contribution is 5.90. The molecule has 1 aromatic rings.